The Kier molecular flexibility index (Phi) is 3.17. The number of rotatable bonds is 4. The molecule has 1 aliphatic carbocycles. The molecule has 82 valence electrons. The van der Waals surface area contributed by atoms with Crippen molar-refractivity contribution >= 4 is 11.6 Å². The van der Waals surface area contributed by atoms with E-state index in [0.717, 1.165) is 23.7 Å². The molecule has 1 aromatic rings. The highest BCUT2D eigenvalue weighted by Gasteiger charge is 2.38. The number of hydrogen-bond donors (Lipinski definition) is 1. The second-order valence-corrected chi connectivity index (χ2v) is 4.39. The lowest BCUT2D eigenvalue weighted by atomic mass is 10.1. The lowest BCUT2D eigenvalue weighted by molar-refractivity contribution is 0.336. The lowest BCUT2D eigenvalue weighted by Gasteiger charge is -2.10. The third kappa shape index (κ3) is 2.27. The normalized spacial score (nSPS) is 23.9. The Bertz CT molecular complexity index is 353. The van der Waals surface area contributed by atoms with Crippen LogP contribution in [0.15, 0.2) is 18.2 Å². The van der Waals surface area contributed by atoms with Gasteiger partial charge in [-0.3, -0.25) is 0 Å². The smallest absolute Gasteiger partial charge is 0.122 e. The number of halogens is 1. The Balaban J connectivity index is 2.23. The second kappa shape index (κ2) is 4.42. The van der Waals surface area contributed by atoms with Crippen molar-refractivity contribution in [1.82, 2.24) is 0 Å². The van der Waals surface area contributed by atoms with Gasteiger partial charge in [0.25, 0.3) is 0 Å². The maximum Gasteiger partial charge on any atom is 0.122 e. The van der Waals surface area contributed by atoms with Gasteiger partial charge in [0, 0.05) is 5.02 Å². The summed E-state index contributed by atoms with van der Waals surface area (Å²) in [6, 6.07) is 5.83. The van der Waals surface area contributed by atoms with Gasteiger partial charge in [-0.2, -0.15) is 0 Å². The molecule has 1 aromatic carbocycles. The molecule has 3 heteroatoms. The molecule has 2 atom stereocenters. The Morgan fingerprint density at radius 1 is 1.53 bits per heavy atom. The Hall–Kier alpha value is -0.730. The Morgan fingerprint density at radius 3 is 2.93 bits per heavy atom. The van der Waals surface area contributed by atoms with Gasteiger partial charge in [0.2, 0.25) is 0 Å². The largest absolute Gasteiger partial charge is 0.494 e. The summed E-state index contributed by atoms with van der Waals surface area (Å²) in [4.78, 5) is 0. The molecule has 0 bridgehead atoms. The fourth-order valence-corrected chi connectivity index (χ4v) is 2.17. The van der Waals surface area contributed by atoms with Gasteiger partial charge in [-0.25, -0.2) is 0 Å². The van der Waals surface area contributed by atoms with Crippen LogP contribution in [0.3, 0.4) is 0 Å². The molecule has 2 rings (SSSR count). The van der Waals surface area contributed by atoms with Crippen LogP contribution in [0.5, 0.6) is 5.75 Å². The standard InChI is InChI=1S/C12H16ClNO/c1-2-15-12-4-3-9(13)6-11(12)10-5-8(10)7-14/h3-4,6,8,10H,2,5,7,14H2,1H3. The summed E-state index contributed by atoms with van der Waals surface area (Å²) in [5, 5.41) is 0.774. The lowest BCUT2D eigenvalue weighted by Crippen LogP contribution is -2.03. The maximum atomic E-state index is 5.99. The van der Waals surface area contributed by atoms with Gasteiger partial charge < -0.3 is 10.5 Å². The highest BCUT2D eigenvalue weighted by molar-refractivity contribution is 6.30. The molecular formula is C12H16ClNO. The highest BCUT2D eigenvalue weighted by Crippen LogP contribution is 2.50. The molecule has 0 amide bonds. The zero-order valence-corrected chi connectivity index (χ0v) is 9.63. The van der Waals surface area contributed by atoms with E-state index in [1.807, 2.05) is 25.1 Å². The van der Waals surface area contributed by atoms with Gasteiger partial charge in [-0.05, 0) is 55.5 Å². The van der Waals surface area contributed by atoms with E-state index >= 15 is 0 Å². The number of ether oxygens (including phenoxy) is 1. The monoisotopic (exact) mass is 225 g/mol. The quantitative estimate of drug-likeness (QED) is 0.855. The SMILES string of the molecule is CCOc1ccc(Cl)cc1C1CC1CN. The van der Waals surface area contributed by atoms with Gasteiger partial charge in [-0.1, -0.05) is 11.6 Å². The first-order chi connectivity index (χ1) is 7.26. The van der Waals surface area contributed by atoms with E-state index in [1.54, 1.807) is 0 Å². The summed E-state index contributed by atoms with van der Waals surface area (Å²) >= 11 is 5.99. The molecule has 1 fully saturated rings. The van der Waals surface area contributed by atoms with E-state index < -0.39 is 0 Å². The van der Waals surface area contributed by atoms with Gasteiger partial charge in [0.05, 0.1) is 6.61 Å². The van der Waals surface area contributed by atoms with Crippen molar-refractivity contribution in [1.29, 1.82) is 0 Å². The van der Waals surface area contributed by atoms with Crippen molar-refractivity contribution in [3.05, 3.63) is 28.8 Å². The highest BCUT2D eigenvalue weighted by atomic mass is 35.5. The predicted octanol–water partition coefficient (Wildman–Crippen LogP) is 2.80. The summed E-state index contributed by atoms with van der Waals surface area (Å²) < 4.78 is 5.59. The van der Waals surface area contributed by atoms with E-state index in [4.69, 9.17) is 22.1 Å². The van der Waals surface area contributed by atoms with Crippen LogP contribution in [0.4, 0.5) is 0 Å². The molecule has 0 aliphatic heterocycles. The van der Waals surface area contributed by atoms with Gasteiger partial charge >= 0.3 is 0 Å². The minimum atomic E-state index is 0.551. The average molecular weight is 226 g/mol. The zero-order valence-electron chi connectivity index (χ0n) is 8.87. The van der Waals surface area contributed by atoms with Crippen LogP contribution in [-0.4, -0.2) is 13.2 Å². The van der Waals surface area contributed by atoms with Gasteiger partial charge in [0.1, 0.15) is 5.75 Å². The topological polar surface area (TPSA) is 35.2 Å². The van der Waals surface area contributed by atoms with Crippen LogP contribution in [-0.2, 0) is 0 Å². The third-order valence-corrected chi connectivity index (χ3v) is 3.13. The fraction of sp³-hybridized carbons (Fsp3) is 0.500. The van der Waals surface area contributed by atoms with E-state index in [-0.39, 0.29) is 0 Å². The molecule has 0 aromatic heterocycles. The minimum Gasteiger partial charge on any atom is -0.494 e. The Labute approximate surface area is 95.4 Å². The van der Waals surface area contributed by atoms with Crippen LogP contribution in [0.25, 0.3) is 0 Å². The van der Waals surface area contributed by atoms with E-state index in [2.05, 4.69) is 0 Å². The first-order valence-corrected chi connectivity index (χ1v) is 5.76. The average Bonchev–Trinajstić information content (AvgIpc) is 3.00. The molecule has 1 saturated carbocycles. The van der Waals surface area contributed by atoms with Crippen molar-refractivity contribution in [2.24, 2.45) is 11.7 Å². The molecule has 15 heavy (non-hydrogen) atoms. The summed E-state index contributed by atoms with van der Waals surface area (Å²) in [6.45, 7) is 3.43. The van der Waals surface area contributed by atoms with Crippen molar-refractivity contribution in [2.75, 3.05) is 13.2 Å². The van der Waals surface area contributed by atoms with Gasteiger partial charge in [-0.15, -0.1) is 0 Å². The van der Waals surface area contributed by atoms with E-state index in [9.17, 15) is 0 Å². The number of benzene rings is 1. The minimum absolute atomic E-state index is 0.551. The molecule has 2 N–H and O–H groups in total. The Morgan fingerprint density at radius 2 is 2.33 bits per heavy atom. The summed E-state index contributed by atoms with van der Waals surface area (Å²) in [5.41, 5.74) is 6.87. The molecule has 0 radical (unpaired) electrons. The van der Waals surface area contributed by atoms with Gasteiger partial charge in [0.15, 0.2) is 0 Å². The zero-order chi connectivity index (χ0) is 10.8. The number of nitrogens with two attached hydrogens (primary N) is 1. The first-order valence-electron chi connectivity index (χ1n) is 5.38. The maximum absolute atomic E-state index is 5.99. The first kappa shape index (κ1) is 10.8. The summed E-state index contributed by atoms with van der Waals surface area (Å²) in [7, 11) is 0. The molecule has 0 heterocycles. The van der Waals surface area contributed by atoms with Crippen molar-refractivity contribution in [3.8, 4) is 5.75 Å². The molecular weight excluding hydrogens is 210 g/mol. The fourth-order valence-electron chi connectivity index (χ4n) is 1.99. The van der Waals surface area contributed by atoms with E-state index in [1.165, 1.54) is 5.56 Å². The van der Waals surface area contributed by atoms with Crippen molar-refractivity contribution in [2.45, 2.75) is 19.3 Å². The molecule has 1 aliphatic rings. The van der Waals surface area contributed by atoms with Crippen LogP contribution in [0.2, 0.25) is 5.02 Å². The van der Waals surface area contributed by atoms with Crippen molar-refractivity contribution < 1.29 is 4.74 Å². The van der Waals surface area contributed by atoms with Crippen LogP contribution in [0, 0.1) is 5.92 Å². The summed E-state index contributed by atoms with van der Waals surface area (Å²) in [6.07, 6.45) is 1.16. The van der Waals surface area contributed by atoms with E-state index in [0.29, 0.717) is 18.4 Å². The van der Waals surface area contributed by atoms with Crippen LogP contribution in [0.1, 0.15) is 24.8 Å². The van der Waals surface area contributed by atoms with Crippen LogP contribution < -0.4 is 10.5 Å². The number of hydrogen-bond acceptors (Lipinski definition) is 2. The second-order valence-electron chi connectivity index (χ2n) is 3.95. The van der Waals surface area contributed by atoms with Crippen molar-refractivity contribution in [3.63, 3.8) is 0 Å². The predicted molar refractivity (Wildman–Crippen MR) is 62.5 cm³/mol. The summed E-state index contributed by atoms with van der Waals surface area (Å²) in [5.74, 6) is 2.13. The third-order valence-electron chi connectivity index (χ3n) is 2.90. The molecule has 0 saturated heterocycles. The molecule has 2 unspecified atom stereocenters. The molecule has 2 nitrogen and oxygen atoms in total. The molecule has 0 spiro atoms. The van der Waals surface area contributed by atoms with Crippen LogP contribution >= 0.6 is 11.6 Å².